The Balaban J connectivity index is 3.00. The molecule has 9 heteroatoms. The molecule has 17 heavy (non-hydrogen) atoms. The van der Waals surface area contributed by atoms with Gasteiger partial charge in [0.25, 0.3) is 0 Å². The molecule has 0 fully saturated rings. The number of rotatable bonds is 2. The van der Waals surface area contributed by atoms with Crippen LogP contribution in [0.1, 0.15) is 0 Å². The first-order valence-electron chi connectivity index (χ1n) is 4.06. The maximum absolute atomic E-state index is 12.1. The van der Waals surface area contributed by atoms with Crippen molar-refractivity contribution >= 4 is 27.6 Å². The zero-order valence-corrected chi connectivity index (χ0v) is 9.53. The van der Waals surface area contributed by atoms with Crippen LogP contribution in [0.5, 0.6) is 0 Å². The second-order valence-corrected chi connectivity index (χ2v) is 5.13. The summed E-state index contributed by atoms with van der Waals surface area (Å²) in [6, 6.07) is -1.43. The van der Waals surface area contributed by atoms with Gasteiger partial charge in [0, 0.05) is 5.03 Å². The first kappa shape index (κ1) is 14.0. The fourth-order valence-corrected chi connectivity index (χ4v) is 1.87. The fourth-order valence-electron chi connectivity index (χ4n) is 1.01. The van der Waals surface area contributed by atoms with Crippen LogP contribution < -0.4 is 4.72 Å². The molecule has 1 N–H and O–H groups in total. The lowest BCUT2D eigenvalue weighted by Gasteiger charge is -2.18. The maximum Gasteiger partial charge on any atom is 0.511 e. The summed E-state index contributed by atoms with van der Waals surface area (Å²) < 4.78 is 59.1. The number of carbonyl (C=O) groups excluding carboxylic acids is 1. The fraction of sp³-hybridized carbons (Fsp3) is 0.250. The van der Waals surface area contributed by atoms with Gasteiger partial charge in [0.05, 0.1) is 11.6 Å². The van der Waals surface area contributed by atoms with E-state index >= 15 is 0 Å². The molecule has 0 aromatic heterocycles. The number of nitrogens with one attached hydrogen (secondary N) is 1. The molecule has 94 valence electrons. The average molecular weight is 288 g/mol. The monoisotopic (exact) mass is 287 g/mol. The molecule has 0 amide bonds. The van der Waals surface area contributed by atoms with E-state index in [1.165, 1.54) is 16.7 Å². The molecule has 0 bridgehead atoms. The zero-order valence-electron chi connectivity index (χ0n) is 7.95. The van der Waals surface area contributed by atoms with Gasteiger partial charge in [-0.05, 0) is 12.2 Å². The Hall–Kier alpha value is -1.08. The molecule has 1 aliphatic carbocycles. The van der Waals surface area contributed by atoms with E-state index in [0.29, 0.717) is 0 Å². The van der Waals surface area contributed by atoms with Gasteiger partial charge in [-0.3, -0.25) is 0 Å². The third-order valence-corrected chi connectivity index (χ3v) is 3.19. The lowest BCUT2D eigenvalue weighted by atomic mass is 10.1. The highest BCUT2D eigenvalue weighted by molar-refractivity contribution is 7.90. The van der Waals surface area contributed by atoms with Crippen LogP contribution in [0.2, 0.25) is 0 Å². The molecule has 1 atom stereocenters. The lowest BCUT2D eigenvalue weighted by Crippen LogP contribution is -2.43. The van der Waals surface area contributed by atoms with E-state index in [1.54, 1.807) is 0 Å². The van der Waals surface area contributed by atoms with E-state index in [2.05, 4.69) is 0 Å². The molecule has 1 rings (SSSR count). The van der Waals surface area contributed by atoms with Crippen LogP contribution in [0.4, 0.5) is 13.2 Å². The topological polar surface area (TPSA) is 63.2 Å². The Morgan fingerprint density at radius 2 is 2.00 bits per heavy atom. The average Bonchev–Trinajstić information content (AvgIpc) is 2.18. The minimum absolute atomic E-state index is 0.0887. The maximum atomic E-state index is 12.1. The molecule has 0 aromatic rings. The Morgan fingerprint density at radius 1 is 1.41 bits per heavy atom. The Morgan fingerprint density at radius 3 is 2.47 bits per heavy atom. The lowest BCUT2D eigenvalue weighted by molar-refractivity contribution is -0.0448. The first-order valence-corrected chi connectivity index (χ1v) is 5.92. The van der Waals surface area contributed by atoms with Crippen LogP contribution in [0.25, 0.3) is 0 Å². The molecule has 0 aromatic carbocycles. The molecule has 0 spiro atoms. The van der Waals surface area contributed by atoms with Crippen LogP contribution in [0, 0.1) is 0 Å². The number of sulfonamides is 1. The minimum atomic E-state index is -5.53. The molecule has 1 unspecified atom stereocenters. The van der Waals surface area contributed by atoms with Crippen molar-refractivity contribution in [3.8, 4) is 0 Å². The van der Waals surface area contributed by atoms with Crippen molar-refractivity contribution in [1.82, 2.24) is 4.72 Å². The highest BCUT2D eigenvalue weighted by Gasteiger charge is 2.47. The quantitative estimate of drug-likeness (QED) is 0.777. The van der Waals surface area contributed by atoms with Crippen molar-refractivity contribution in [1.29, 1.82) is 0 Å². The van der Waals surface area contributed by atoms with E-state index in [9.17, 15) is 26.4 Å². The SMILES string of the molecule is O=C=C1C=C(Cl)C=CC1NS(=O)(=O)C(F)(F)F. The smallest absolute Gasteiger partial charge is 0.233 e. The molecule has 1 aliphatic rings. The summed E-state index contributed by atoms with van der Waals surface area (Å²) in [7, 11) is -5.53. The molecular weight excluding hydrogens is 283 g/mol. The largest absolute Gasteiger partial charge is 0.511 e. The third kappa shape index (κ3) is 3.19. The van der Waals surface area contributed by atoms with Crippen molar-refractivity contribution < 1.29 is 26.4 Å². The van der Waals surface area contributed by atoms with Gasteiger partial charge in [-0.1, -0.05) is 17.7 Å². The van der Waals surface area contributed by atoms with Crippen LogP contribution >= 0.6 is 11.6 Å². The summed E-state index contributed by atoms with van der Waals surface area (Å²) in [4.78, 5) is 10.4. The number of hydrogen-bond acceptors (Lipinski definition) is 3. The van der Waals surface area contributed by atoms with Gasteiger partial charge in [-0.2, -0.15) is 17.9 Å². The summed E-state index contributed by atoms with van der Waals surface area (Å²) in [5.74, 6) is 1.32. The van der Waals surface area contributed by atoms with Gasteiger partial charge in [0.2, 0.25) is 0 Å². The van der Waals surface area contributed by atoms with Crippen molar-refractivity contribution in [2.45, 2.75) is 11.6 Å². The van der Waals surface area contributed by atoms with E-state index in [0.717, 1.165) is 12.2 Å². The Labute approximate surface area is 99.5 Å². The van der Waals surface area contributed by atoms with Crippen molar-refractivity contribution in [3.63, 3.8) is 0 Å². The summed E-state index contributed by atoms with van der Waals surface area (Å²) in [5, 5.41) is 0.0887. The normalized spacial score (nSPS) is 21.1. The number of hydrogen-bond donors (Lipinski definition) is 1. The summed E-state index contributed by atoms with van der Waals surface area (Å²) in [5.41, 5.74) is -5.77. The van der Waals surface area contributed by atoms with E-state index in [4.69, 9.17) is 11.6 Å². The summed E-state index contributed by atoms with van der Waals surface area (Å²) in [6.45, 7) is 0. The third-order valence-electron chi connectivity index (χ3n) is 1.78. The van der Waals surface area contributed by atoms with Gasteiger partial charge in [-0.25, -0.2) is 13.2 Å². The van der Waals surface area contributed by atoms with Crippen LogP contribution in [-0.4, -0.2) is 25.9 Å². The number of allylic oxidation sites excluding steroid dienone is 2. The molecule has 0 radical (unpaired) electrons. The highest BCUT2D eigenvalue weighted by Crippen LogP contribution is 2.24. The molecule has 0 saturated heterocycles. The predicted octanol–water partition coefficient (Wildman–Crippen LogP) is 1.24. The predicted molar refractivity (Wildman–Crippen MR) is 54.2 cm³/mol. The molecule has 0 heterocycles. The Kier molecular flexibility index (Phi) is 3.83. The van der Waals surface area contributed by atoms with E-state index in [1.807, 2.05) is 0 Å². The minimum Gasteiger partial charge on any atom is -0.233 e. The molecule has 0 aliphatic heterocycles. The van der Waals surface area contributed by atoms with E-state index in [-0.39, 0.29) is 10.6 Å². The molecule has 0 saturated carbocycles. The van der Waals surface area contributed by atoms with Gasteiger partial charge in [0.15, 0.2) is 0 Å². The highest BCUT2D eigenvalue weighted by atomic mass is 35.5. The number of halogens is 4. The standard InChI is InChI=1S/C8H5ClF3NO3S/c9-6-1-2-7(5(3-6)4-14)13-17(15,16)8(10,11)12/h1-3,7,13H. The van der Waals surface area contributed by atoms with E-state index < -0.39 is 21.6 Å². The Bertz CT molecular complexity index is 529. The summed E-state index contributed by atoms with van der Waals surface area (Å²) >= 11 is 5.49. The summed E-state index contributed by atoms with van der Waals surface area (Å²) in [6.07, 6.45) is 3.22. The van der Waals surface area contributed by atoms with Crippen LogP contribution in [0.3, 0.4) is 0 Å². The second kappa shape index (κ2) is 4.66. The first-order chi connectivity index (χ1) is 7.67. The van der Waals surface area contributed by atoms with Crippen LogP contribution in [0.15, 0.2) is 28.8 Å². The molecular formula is C8H5ClF3NO3S. The van der Waals surface area contributed by atoms with Gasteiger partial charge >= 0.3 is 15.5 Å². The van der Waals surface area contributed by atoms with Crippen molar-refractivity contribution in [2.75, 3.05) is 0 Å². The van der Waals surface area contributed by atoms with Gasteiger partial charge < -0.3 is 0 Å². The van der Waals surface area contributed by atoms with Gasteiger partial charge in [0.1, 0.15) is 5.94 Å². The van der Waals surface area contributed by atoms with Gasteiger partial charge in [-0.15, -0.1) is 0 Å². The van der Waals surface area contributed by atoms with Crippen LogP contribution in [-0.2, 0) is 14.8 Å². The second-order valence-electron chi connectivity index (χ2n) is 2.99. The van der Waals surface area contributed by atoms with Crippen molar-refractivity contribution in [3.05, 3.63) is 28.8 Å². The van der Waals surface area contributed by atoms with Crippen molar-refractivity contribution in [2.24, 2.45) is 0 Å². The number of alkyl halides is 3. The zero-order chi connectivity index (χ0) is 13.3. The molecule has 4 nitrogen and oxygen atoms in total.